The number of aryl methyl sites for hydroxylation is 2. The standard InChI is InChI=1S/C29H39ClN8O4S/c1-6-31-29(39)38-11-9-19(10-12-38)21-14-25(42-20-7-8-20)23(13-18(21)4)34-28-32-15-22(30)26(35-28)33-24-16-37(5)36-27(24)43(40,41)17(2)3/h13-17,19-20H,6-12H2,1-5H3,(H,31,39)(H2,32,33,34,35). The second-order valence-corrected chi connectivity index (χ2v) is 14.2. The highest BCUT2D eigenvalue weighted by molar-refractivity contribution is 7.92. The molecule has 14 heteroatoms. The molecule has 2 aliphatic rings. The van der Waals surface area contributed by atoms with Gasteiger partial charge in [-0.15, -0.1) is 0 Å². The van der Waals surface area contributed by atoms with Crippen LogP contribution in [0, 0.1) is 6.92 Å². The van der Waals surface area contributed by atoms with Gasteiger partial charge < -0.3 is 25.6 Å². The van der Waals surface area contributed by atoms with Gasteiger partial charge in [0.1, 0.15) is 10.8 Å². The van der Waals surface area contributed by atoms with Gasteiger partial charge in [0.15, 0.2) is 5.82 Å². The summed E-state index contributed by atoms with van der Waals surface area (Å²) in [5.41, 5.74) is 3.32. The lowest BCUT2D eigenvalue weighted by Crippen LogP contribution is -2.44. The number of halogens is 1. The fourth-order valence-corrected chi connectivity index (χ4v) is 6.35. The van der Waals surface area contributed by atoms with E-state index < -0.39 is 15.1 Å². The molecule has 1 aromatic carbocycles. The van der Waals surface area contributed by atoms with Crippen molar-refractivity contribution >= 4 is 50.6 Å². The summed E-state index contributed by atoms with van der Waals surface area (Å²) in [6.45, 7) is 9.25. The Morgan fingerprint density at radius 1 is 1.14 bits per heavy atom. The number of urea groups is 1. The van der Waals surface area contributed by atoms with Crippen molar-refractivity contribution in [2.75, 3.05) is 30.3 Å². The van der Waals surface area contributed by atoms with Crippen molar-refractivity contribution in [2.45, 2.75) is 75.7 Å². The van der Waals surface area contributed by atoms with Crippen LogP contribution in [0.25, 0.3) is 0 Å². The van der Waals surface area contributed by atoms with Gasteiger partial charge in [-0.2, -0.15) is 10.1 Å². The van der Waals surface area contributed by atoms with E-state index in [2.05, 4.69) is 44.0 Å². The molecule has 3 aromatic rings. The number of sulfone groups is 1. The van der Waals surface area contributed by atoms with Crippen LogP contribution >= 0.6 is 11.6 Å². The maximum absolute atomic E-state index is 12.9. The van der Waals surface area contributed by atoms with Crippen LogP contribution in [0.3, 0.4) is 0 Å². The van der Waals surface area contributed by atoms with E-state index in [0.717, 1.165) is 42.7 Å². The third kappa shape index (κ3) is 6.98. The number of carbonyl (C=O) groups excluding carboxylic acids is 1. The number of nitrogens with zero attached hydrogens (tertiary/aromatic N) is 5. The van der Waals surface area contributed by atoms with E-state index in [1.54, 1.807) is 27.1 Å². The van der Waals surface area contributed by atoms with Gasteiger partial charge in [-0.05, 0) is 82.6 Å². The lowest BCUT2D eigenvalue weighted by molar-refractivity contribution is 0.182. The maximum atomic E-state index is 12.9. The highest BCUT2D eigenvalue weighted by Crippen LogP contribution is 2.40. The van der Waals surface area contributed by atoms with Crippen molar-refractivity contribution < 1.29 is 17.9 Å². The van der Waals surface area contributed by atoms with Gasteiger partial charge in [-0.25, -0.2) is 18.2 Å². The van der Waals surface area contributed by atoms with Crippen molar-refractivity contribution in [1.82, 2.24) is 30.0 Å². The number of hydrogen-bond donors (Lipinski definition) is 3. The monoisotopic (exact) mass is 630 g/mol. The van der Waals surface area contributed by atoms with E-state index in [4.69, 9.17) is 16.3 Å². The lowest BCUT2D eigenvalue weighted by atomic mass is 9.86. The summed E-state index contributed by atoms with van der Waals surface area (Å²) in [5, 5.41) is 12.9. The van der Waals surface area contributed by atoms with Crippen LogP contribution in [0.2, 0.25) is 5.02 Å². The van der Waals surface area contributed by atoms with Crippen molar-refractivity contribution in [3.63, 3.8) is 0 Å². The van der Waals surface area contributed by atoms with Crippen molar-refractivity contribution in [3.8, 4) is 5.75 Å². The number of benzene rings is 1. The Morgan fingerprint density at radius 3 is 2.51 bits per heavy atom. The number of amides is 2. The number of anilines is 4. The van der Waals surface area contributed by atoms with Crippen LogP contribution in [0.15, 0.2) is 29.6 Å². The third-order valence-corrected chi connectivity index (χ3v) is 10.0. The zero-order valence-corrected chi connectivity index (χ0v) is 26.7. The summed E-state index contributed by atoms with van der Waals surface area (Å²) in [7, 11) is -2.00. The van der Waals surface area contributed by atoms with Crippen LogP contribution in [0.5, 0.6) is 5.75 Å². The van der Waals surface area contributed by atoms with Crippen LogP contribution < -0.4 is 20.7 Å². The minimum Gasteiger partial charge on any atom is -0.488 e. The van der Waals surface area contributed by atoms with E-state index in [1.165, 1.54) is 16.4 Å². The molecule has 0 bridgehead atoms. The molecule has 2 aromatic heterocycles. The molecule has 232 valence electrons. The second kappa shape index (κ2) is 12.6. The quantitative estimate of drug-likeness (QED) is 0.272. The predicted molar refractivity (Wildman–Crippen MR) is 167 cm³/mol. The molecule has 0 unspecified atom stereocenters. The summed E-state index contributed by atoms with van der Waals surface area (Å²) >= 11 is 6.43. The Labute approximate surface area is 257 Å². The molecule has 0 spiro atoms. The molecule has 2 fully saturated rings. The summed E-state index contributed by atoms with van der Waals surface area (Å²) in [6, 6.07) is 4.15. The summed E-state index contributed by atoms with van der Waals surface area (Å²) in [5.74, 6) is 1.55. The SMILES string of the molecule is CCNC(=O)N1CCC(c2cc(OC3CC3)c(Nc3ncc(Cl)c(Nc4cn(C)nc4S(=O)(=O)C(C)C)n3)cc2C)CC1. The number of nitrogens with one attached hydrogen (secondary N) is 3. The van der Waals surface area contributed by atoms with Crippen molar-refractivity contribution in [3.05, 3.63) is 40.7 Å². The lowest BCUT2D eigenvalue weighted by Gasteiger charge is -2.33. The first-order chi connectivity index (χ1) is 20.5. The minimum atomic E-state index is -3.65. The largest absolute Gasteiger partial charge is 0.488 e. The molecule has 5 rings (SSSR count). The molecular weight excluding hydrogens is 592 g/mol. The molecule has 1 saturated carbocycles. The number of aromatic nitrogens is 4. The average Bonchev–Trinajstić information content (AvgIpc) is 3.71. The zero-order valence-electron chi connectivity index (χ0n) is 25.1. The van der Waals surface area contributed by atoms with E-state index in [1.807, 2.05) is 17.9 Å². The first-order valence-corrected chi connectivity index (χ1v) is 16.6. The van der Waals surface area contributed by atoms with Crippen LogP contribution in [-0.2, 0) is 16.9 Å². The Morgan fingerprint density at radius 2 is 1.86 bits per heavy atom. The summed E-state index contributed by atoms with van der Waals surface area (Å²) in [4.78, 5) is 23.1. The van der Waals surface area contributed by atoms with Crippen LogP contribution in [0.1, 0.15) is 63.5 Å². The van der Waals surface area contributed by atoms with E-state index in [-0.39, 0.29) is 39.6 Å². The van der Waals surface area contributed by atoms with Crippen LogP contribution in [0.4, 0.5) is 27.9 Å². The number of carbonyl (C=O) groups is 1. The highest BCUT2D eigenvalue weighted by Gasteiger charge is 2.29. The summed E-state index contributed by atoms with van der Waals surface area (Å²) < 4.78 is 33.6. The second-order valence-electron chi connectivity index (χ2n) is 11.4. The van der Waals surface area contributed by atoms with Gasteiger partial charge in [0, 0.05) is 32.9 Å². The Hall–Kier alpha value is -3.58. The van der Waals surface area contributed by atoms with Crippen molar-refractivity contribution in [1.29, 1.82) is 0 Å². The molecule has 1 aliphatic heterocycles. The van der Waals surface area contributed by atoms with Gasteiger partial charge >= 0.3 is 6.03 Å². The zero-order chi connectivity index (χ0) is 30.9. The van der Waals surface area contributed by atoms with Gasteiger partial charge in [0.25, 0.3) is 0 Å². The molecule has 2 amide bonds. The molecule has 12 nitrogen and oxygen atoms in total. The molecule has 3 heterocycles. The van der Waals surface area contributed by atoms with E-state index >= 15 is 0 Å². The first-order valence-electron chi connectivity index (χ1n) is 14.6. The fraction of sp³-hybridized carbons (Fsp3) is 0.517. The van der Waals surface area contributed by atoms with Gasteiger partial charge in [-0.1, -0.05) is 11.6 Å². The third-order valence-electron chi connectivity index (χ3n) is 7.66. The maximum Gasteiger partial charge on any atom is 0.317 e. The predicted octanol–water partition coefficient (Wildman–Crippen LogP) is 5.29. The number of ether oxygens (including phenoxy) is 1. The normalized spacial score (nSPS) is 15.9. The Kier molecular flexibility index (Phi) is 9.02. The molecule has 1 aliphatic carbocycles. The molecule has 3 N–H and O–H groups in total. The van der Waals surface area contributed by atoms with Gasteiger partial charge in [0.05, 0.1) is 28.9 Å². The number of likely N-dealkylation sites (tertiary alicyclic amines) is 1. The summed E-state index contributed by atoms with van der Waals surface area (Å²) in [6.07, 6.45) is 6.98. The number of piperidine rings is 1. The molecule has 0 radical (unpaired) electrons. The Bertz CT molecular complexity index is 1600. The van der Waals surface area contributed by atoms with E-state index in [9.17, 15) is 13.2 Å². The van der Waals surface area contributed by atoms with E-state index in [0.29, 0.717) is 25.6 Å². The number of rotatable bonds is 10. The molecular formula is C29H39ClN8O4S. The fourth-order valence-electron chi connectivity index (χ4n) is 5.11. The average molecular weight is 631 g/mol. The molecule has 1 saturated heterocycles. The van der Waals surface area contributed by atoms with Crippen molar-refractivity contribution in [2.24, 2.45) is 7.05 Å². The molecule has 0 atom stereocenters. The first kappa shape index (κ1) is 30.9. The minimum absolute atomic E-state index is 0.00639. The van der Waals surface area contributed by atoms with Gasteiger partial charge in [0.2, 0.25) is 20.8 Å². The number of hydrogen-bond acceptors (Lipinski definition) is 9. The smallest absolute Gasteiger partial charge is 0.317 e. The molecule has 43 heavy (non-hydrogen) atoms. The van der Waals surface area contributed by atoms with Crippen LogP contribution in [-0.4, -0.2) is 70.1 Å². The highest BCUT2D eigenvalue weighted by atomic mass is 35.5. The van der Waals surface area contributed by atoms with Gasteiger partial charge in [-0.3, -0.25) is 4.68 Å². The Balaban J connectivity index is 1.39. The topological polar surface area (TPSA) is 143 Å².